The number of H-pyrrole nitrogens is 1. The van der Waals surface area contributed by atoms with Crippen LogP contribution in [0.4, 0.5) is 0 Å². The fourth-order valence-electron chi connectivity index (χ4n) is 1.55. The first-order valence-corrected chi connectivity index (χ1v) is 5.41. The highest BCUT2D eigenvalue weighted by Crippen LogP contribution is 2.16. The molecule has 5 heteroatoms. The van der Waals surface area contributed by atoms with Crippen LogP contribution in [-0.4, -0.2) is 21.6 Å². The van der Waals surface area contributed by atoms with E-state index < -0.39 is 0 Å². The molecule has 2 heterocycles. The molecule has 0 aromatic carbocycles. The monoisotopic (exact) mass is 235 g/mol. The van der Waals surface area contributed by atoms with E-state index in [1.807, 2.05) is 22.8 Å². The average Bonchev–Trinajstić information content (AvgIpc) is 2.61. The van der Waals surface area contributed by atoms with E-state index in [1.54, 1.807) is 7.11 Å². The fraction of sp³-hybridized carbons (Fsp3) is 0.273. The van der Waals surface area contributed by atoms with Crippen LogP contribution in [0, 0.1) is 4.77 Å². The van der Waals surface area contributed by atoms with Gasteiger partial charge in [0.2, 0.25) is 5.88 Å². The van der Waals surface area contributed by atoms with Gasteiger partial charge in [-0.25, -0.2) is 0 Å². The van der Waals surface area contributed by atoms with Crippen molar-refractivity contribution in [3.05, 3.63) is 29.6 Å². The maximum atomic E-state index is 5.24. The number of fused-ring (bicyclic) bond motifs is 1. The maximum absolute atomic E-state index is 5.24. The van der Waals surface area contributed by atoms with Gasteiger partial charge in [0.1, 0.15) is 0 Å². The summed E-state index contributed by atoms with van der Waals surface area (Å²) in [5.74, 6) is 0.592. The van der Waals surface area contributed by atoms with Gasteiger partial charge in [0.15, 0.2) is 10.4 Å². The molecular formula is C11H13N3OS. The van der Waals surface area contributed by atoms with Crippen LogP contribution in [0.5, 0.6) is 5.88 Å². The molecule has 2 rings (SSSR count). The average molecular weight is 235 g/mol. The van der Waals surface area contributed by atoms with Gasteiger partial charge in [-0.2, -0.15) is 4.98 Å². The first-order valence-electron chi connectivity index (χ1n) is 5.00. The second-order valence-corrected chi connectivity index (χ2v) is 3.77. The van der Waals surface area contributed by atoms with Crippen molar-refractivity contribution in [3.63, 3.8) is 0 Å². The Morgan fingerprint density at radius 1 is 1.62 bits per heavy atom. The van der Waals surface area contributed by atoms with Crippen LogP contribution in [0.1, 0.15) is 6.42 Å². The lowest BCUT2D eigenvalue weighted by Gasteiger charge is -2.02. The van der Waals surface area contributed by atoms with Gasteiger partial charge in [-0.3, -0.25) is 0 Å². The minimum atomic E-state index is 0.592. The molecule has 2 aromatic heterocycles. The maximum Gasteiger partial charge on any atom is 0.215 e. The van der Waals surface area contributed by atoms with Crippen molar-refractivity contribution in [3.8, 4) is 5.88 Å². The van der Waals surface area contributed by atoms with E-state index in [0.29, 0.717) is 10.7 Å². The second kappa shape index (κ2) is 4.49. The Bertz CT molecular complexity index is 570. The molecule has 0 amide bonds. The van der Waals surface area contributed by atoms with Crippen molar-refractivity contribution >= 4 is 23.4 Å². The lowest BCUT2D eigenvalue weighted by atomic mass is 10.4. The van der Waals surface area contributed by atoms with Gasteiger partial charge in [0.25, 0.3) is 0 Å². The molecule has 0 fully saturated rings. The molecule has 0 spiro atoms. The Kier molecular flexibility index (Phi) is 3.05. The number of nitrogens with one attached hydrogen (secondary N) is 1. The number of hydrogen-bond acceptors (Lipinski definition) is 3. The summed E-state index contributed by atoms with van der Waals surface area (Å²) in [6.45, 7) is 4.48. The molecule has 16 heavy (non-hydrogen) atoms. The van der Waals surface area contributed by atoms with E-state index in [9.17, 15) is 0 Å². The summed E-state index contributed by atoms with van der Waals surface area (Å²) in [6, 6.07) is 3.73. The predicted octanol–water partition coefficient (Wildman–Crippen LogP) is 2.68. The number of pyridine rings is 1. The molecule has 0 radical (unpaired) electrons. The molecule has 2 aromatic rings. The molecule has 4 nitrogen and oxygen atoms in total. The van der Waals surface area contributed by atoms with E-state index in [2.05, 4.69) is 16.5 Å². The number of imidazole rings is 1. The standard InChI is InChI=1S/C11H13N3OS/c1-3-4-7-14-10-8(12-11(14)16)5-6-9(13-10)15-2/h3,5-6H,1,4,7H2,2H3,(H,12,16). The van der Waals surface area contributed by atoms with Crippen LogP contribution in [0.25, 0.3) is 11.2 Å². The van der Waals surface area contributed by atoms with Gasteiger partial charge in [0.05, 0.1) is 12.6 Å². The summed E-state index contributed by atoms with van der Waals surface area (Å²) in [5.41, 5.74) is 1.75. The minimum absolute atomic E-state index is 0.592. The topological polar surface area (TPSA) is 42.8 Å². The Balaban J connectivity index is 2.56. The summed E-state index contributed by atoms with van der Waals surface area (Å²) < 4.78 is 7.73. The highest BCUT2D eigenvalue weighted by molar-refractivity contribution is 7.71. The zero-order valence-electron chi connectivity index (χ0n) is 9.06. The summed E-state index contributed by atoms with van der Waals surface area (Å²) in [4.78, 5) is 7.49. The zero-order chi connectivity index (χ0) is 11.5. The summed E-state index contributed by atoms with van der Waals surface area (Å²) in [6.07, 6.45) is 2.72. The van der Waals surface area contributed by atoms with E-state index >= 15 is 0 Å². The largest absolute Gasteiger partial charge is 0.481 e. The van der Waals surface area contributed by atoms with Crippen LogP contribution in [0.3, 0.4) is 0 Å². The van der Waals surface area contributed by atoms with Crippen molar-refractivity contribution < 1.29 is 4.74 Å². The van der Waals surface area contributed by atoms with Gasteiger partial charge in [0, 0.05) is 12.6 Å². The number of aromatic nitrogens is 3. The molecular weight excluding hydrogens is 222 g/mol. The first kappa shape index (κ1) is 10.9. The number of nitrogens with zero attached hydrogens (tertiary/aromatic N) is 2. The van der Waals surface area contributed by atoms with Crippen LogP contribution in [0.15, 0.2) is 24.8 Å². The Labute approximate surface area is 98.6 Å². The van der Waals surface area contributed by atoms with Crippen LogP contribution >= 0.6 is 12.2 Å². The Morgan fingerprint density at radius 2 is 2.44 bits per heavy atom. The summed E-state index contributed by atoms with van der Waals surface area (Å²) >= 11 is 5.24. The van der Waals surface area contributed by atoms with E-state index in [4.69, 9.17) is 17.0 Å². The Hall–Kier alpha value is -1.62. The fourth-order valence-corrected chi connectivity index (χ4v) is 1.84. The van der Waals surface area contributed by atoms with E-state index in [1.165, 1.54) is 0 Å². The molecule has 0 aliphatic rings. The molecule has 0 saturated heterocycles. The molecule has 0 aliphatic carbocycles. The minimum Gasteiger partial charge on any atom is -0.481 e. The molecule has 0 saturated carbocycles. The van der Waals surface area contributed by atoms with Crippen molar-refractivity contribution in [1.29, 1.82) is 0 Å². The van der Waals surface area contributed by atoms with E-state index in [-0.39, 0.29) is 0 Å². The number of aryl methyl sites for hydroxylation is 1. The highest BCUT2D eigenvalue weighted by Gasteiger charge is 2.06. The third-order valence-electron chi connectivity index (χ3n) is 2.36. The number of allylic oxidation sites excluding steroid dienone is 1. The van der Waals surface area contributed by atoms with Gasteiger partial charge in [-0.15, -0.1) is 6.58 Å². The quantitative estimate of drug-likeness (QED) is 0.654. The number of methoxy groups -OCH3 is 1. The molecule has 1 N–H and O–H groups in total. The SMILES string of the molecule is C=CCCn1c(=S)[nH]c2ccc(OC)nc21. The van der Waals surface area contributed by atoms with Crippen molar-refractivity contribution in [1.82, 2.24) is 14.5 Å². The van der Waals surface area contributed by atoms with Crippen molar-refractivity contribution in [2.45, 2.75) is 13.0 Å². The normalized spacial score (nSPS) is 10.6. The highest BCUT2D eigenvalue weighted by atomic mass is 32.1. The van der Waals surface area contributed by atoms with Gasteiger partial charge < -0.3 is 14.3 Å². The number of rotatable bonds is 4. The van der Waals surface area contributed by atoms with Crippen LogP contribution in [0.2, 0.25) is 0 Å². The molecule has 0 bridgehead atoms. The van der Waals surface area contributed by atoms with Crippen LogP contribution < -0.4 is 4.74 Å². The third-order valence-corrected chi connectivity index (χ3v) is 2.68. The number of ether oxygens (including phenoxy) is 1. The third kappa shape index (κ3) is 1.86. The lowest BCUT2D eigenvalue weighted by Crippen LogP contribution is -1.98. The van der Waals surface area contributed by atoms with Crippen molar-refractivity contribution in [2.75, 3.05) is 7.11 Å². The Morgan fingerprint density at radius 3 is 3.12 bits per heavy atom. The molecule has 0 unspecified atom stereocenters. The van der Waals surface area contributed by atoms with Crippen LogP contribution in [-0.2, 0) is 6.54 Å². The zero-order valence-corrected chi connectivity index (χ0v) is 9.88. The number of aromatic amines is 1. The van der Waals surface area contributed by atoms with Gasteiger partial charge in [-0.1, -0.05) is 6.08 Å². The first-order chi connectivity index (χ1) is 7.76. The smallest absolute Gasteiger partial charge is 0.215 e. The summed E-state index contributed by atoms with van der Waals surface area (Å²) in [7, 11) is 1.60. The molecule has 0 aliphatic heterocycles. The van der Waals surface area contributed by atoms with E-state index in [0.717, 1.165) is 24.1 Å². The molecule has 0 atom stereocenters. The number of hydrogen-bond donors (Lipinski definition) is 1. The second-order valence-electron chi connectivity index (χ2n) is 3.38. The summed E-state index contributed by atoms with van der Waals surface area (Å²) in [5, 5.41) is 0. The van der Waals surface area contributed by atoms with Crippen molar-refractivity contribution in [2.24, 2.45) is 0 Å². The predicted molar refractivity (Wildman–Crippen MR) is 66.3 cm³/mol. The van der Waals surface area contributed by atoms with Gasteiger partial charge in [-0.05, 0) is 24.7 Å². The van der Waals surface area contributed by atoms with Gasteiger partial charge >= 0.3 is 0 Å². The molecule has 84 valence electrons. The lowest BCUT2D eigenvalue weighted by molar-refractivity contribution is 0.399.